The number of nitrogens with two attached hydrogens (primary N) is 3. The van der Waals surface area contributed by atoms with E-state index >= 15 is 0 Å². The van der Waals surface area contributed by atoms with Gasteiger partial charge in [0.25, 0.3) is 5.91 Å². The number of likely N-dealkylation sites (tertiary alicyclic amines) is 1. The van der Waals surface area contributed by atoms with Crippen LogP contribution in [0.15, 0.2) is 40.7 Å². The molecule has 4 rings (SSSR count). The lowest BCUT2D eigenvalue weighted by molar-refractivity contribution is -0.124. The number of amides is 2. The van der Waals surface area contributed by atoms with Crippen molar-refractivity contribution < 1.29 is 14.4 Å². The molecule has 3 atom stereocenters. The lowest BCUT2D eigenvalue weighted by Gasteiger charge is -2.23. The van der Waals surface area contributed by atoms with Gasteiger partial charge < -0.3 is 27.4 Å². The second-order valence-electron chi connectivity index (χ2n) is 9.82. The van der Waals surface area contributed by atoms with Crippen LogP contribution in [0.3, 0.4) is 0 Å². The van der Waals surface area contributed by atoms with Crippen LogP contribution in [0.1, 0.15) is 64.0 Å². The molecule has 7 N–H and O–H groups in total. The zero-order valence-corrected chi connectivity index (χ0v) is 23.8. The number of unbranched alkanes of at least 4 members (excludes halogenated alkanes) is 1. The normalized spacial score (nSPS) is 17.5. The third-order valence-corrected chi connectivity index (χ3v) is 8.05. The minimum atomic E-state index is -0.489. The van der Waals surface area contributed by atoms with E-state index in [2.05, 4.69) is 20.3 Å². The number of pyridine rings is 1. The number of hydrogen-bond acceptors (Lipinski definition) is 8. The minimum Gasteiger partial charge on any atom is -0.370 e. The van der Waals surface area contributed by atoms with E-state index in [1.54, 1.807) is 41.6 Å². The summed E-state index contributed by atoms with van der Waals surface area (Å²) in [7, 11) is 1.55. The first-order valence-corrected chi connectivity index (χ1v) is 14.3. The summed E-state index contributed by atoms with van der Waals surface area (Å²) < 4.78 is 0. The molecule has 0 spiro atoms. The molecule has 3 heterocycles. The summed E-state index contributed by atoms with van der Waals surface area (Å²) in [6.45, 7) is 0.844. The number of hydrogen-bond donors (Lipinski definition) is 4. The van der Waals surface area contributed by atoms with Crippen molar-refractivity contribution in [3.63, 3.8) is 0 Å². The van der Waals surface area contributed by atoms with Gasteiger partial charge in [0, 0.05) is 54.8 Å². The highest BCUT2D eigenvalue weighted by molar-refractivity contribution is 7.10. The van der Waals surface area contributed by atoms with Crippen LogP contribution in [0, 0.1) is 5.92 Å². The van der Waals surface area contributed by atoms with Gasteiger partial charge in [-0.3, -0.25) is 19.4 Å². The molecule has 1 saturated heterocycles. The van der Waals surface area contributed by atoms with Crippen LogP contribution < -0.4 is 22.5 Å². The molecule has 0 aliphatic carbocycles. The molecular weight excluding hydrogens is 552 g/mol. The first-order chi connectivity index (χ1) is 19.2. The van der Waals surface area contributed by atoms with Gasteiger partial charge in [0.1, 0.15) is 15.9 Å². The van der Waals surface area contributed by atoms with Crippen LogP contribution in [-0.4, -0.2) is 64.6 Å². The van der Waals surface area contributed by atoms with E-state index in [0.717, 1.165) is 5.39 Å². The monoisotopic (exact) mass is 584 g/mol. The Morgan fingerprint density at radius 2 is 2.00 bits per heavy atom. The molecule has 212 valence electrons. The third kappa shape index (κ3) is 7.12. The van der Waals surface area contributed by atoms with Gasteiger partial charge in [0.2, 0.25) is 5.91 Å². The Labute approximate surface area is 241 Å². The summed E-state index contributed by atoms with van der Waals surface area (Å²) in [4.78, 5) is 53.6. The van der Waals surface area contributed by atoms with E-state index in [1.165, 1.54) is 11.3 Å². The molecule has 0 bridgehead atoms. The number of benzene rings is 1. The van der Waals surface area contributed by atoms with E-state index in [-0.39, 0.29) is 47.8 Å². The first kappa shape index (κ1) is 29.4. The molecule has 3 aromatic rings. The smallest absolute Gasteiger partial charge is 0.254 e. The fraction of sp³-hybridized carbons (Fsp3) is 0.407. The maximum absolute atomic E-state index is 13.5. The lowest BCUT2D eigenvalue weighted by atomic mass is 9.94. The summed E-state index contributed by atoms with van der Waals surface area (Å²) in [5, 5.41) is 6.16. The SMILES string of the molecule is CNC(=O)[C@H](CCCCN=C(N)N)CC(=O)c1csc([C@@H]2C[C@@H](N)CN2C(=O)c2ccc3nc(Cl)ccc3c2)n1. The molecule has 1 fully saturated rings. The molecule has 0 saturated carbocycles. The summed E-state index contributed by atoms with van der Waals surface area (Å²) in [5.74, 6) is -1.05. The molecule has 1 aliphatic rings. The number of carbonyl (C=O) groups is 3. The van der Waals surface area contributed by atoms with Gasteiger partial charge in [-0.2, -0.15) is 0 Å². The van der Waals surface area contributed by atoms with Crippen LogP contribution in [0.4, 0.5) is 0 Å². The highest BCUT2D eigenvalue weighted by Gasteiger charge is 2.37. The average Bonchev–Trinajstić information content (AvgIpc) is 3.58. The number of carbonyl (C=O) groups excluding carboxylic acids is 3. The van der Waals surface area contributed by atoms with Crippen molar-refractivity contribution in [2.24, 2.45) is 28.1 Å². The number of fused-ring (bicyclic) bond motifs is 1. The Morgan fingerprint density at radius 3 is 2.75 bits per heavy atom. The fourth-order valence-corrected chi connectivity index (χ4v) is 5.97. The molecule has 0 radical (unpaired) electrons. The predicted octanol–water partition coefficient (Wildman–Crippen LogP) is 2.64. The number of halogens is 1. The summed E-state index contributed by atoms with van der Waals surface area (Å²) in [5.41, 5.74) is 18.5. The Morgan fingerprint density at radius 1 is 1.20 bits per heavy atom. The Balaban J connectivity index is 1.45. The number of aliphatic imine (C=N–C) groups is 1. The molecule has 13 heteroatoms. The molecule has 40 heavy (non-hydrogen) atoms. The molecule has 1 aliphatic heterocycles. The Bertz CT molecular complexity index is 1420. The number of guanidine groups is 1. The molecule has 0 unspecified atom stereocenters. The minimum absolute atomic E-state index is 0.0285. The van der Waals surface area contributed by atoms with Crippen LogP contribution in [0.2, 0.25) is 5.15 Å². The molecular formula is C27H33ClN8O3S. The third-order valence-electron chi connectivity index (χ3n) is 6.89. The molecule has 2 aromatic heterocycles. The van der Waals surface area contributed by atoms with E-state index < -0.39 is 5.92 Å². The van der Waals surface area contributed by atoms with Gasteiger partial charge in [0.05, 0.1) is 11.6 Å². The van der Waals surface area contributed by atoms with E-state index in [0.29, 0.717) is 60.0 Å². The van der Waals surface area contributed by atoms with Crippen molar-refractivity contribution in [2.45, 2.75) is 44.2 Å². The second-order valence-corrected chi connectivity index (χ2v) is 11.1. The Hall–Kier alpha value is -3.61. The van der Waals surface area contributed by atoms with Crippen molar-refractivity contribution >= 4 is 57.4 Å². The summed E-state index contributed by atoms with van der Waals surface area (Å²) in [6.07, 6.45) is 2.49. The fourth-order valence-electron chi connectivity index (χ4n) is 4.86. The molecule has 2 amide bonds. The summed E-state index contributed by atoms with van der Waals surface area (Å²) in [6, 6.07) is 8.22. The van der Waals surface area contributed by atoms with Crippen LogP contribution in [0.5, 0.6) is 0 Å². The van der Waals surface area contributed by atoms with E-state index in [4.69, 9.17) is 28.8 Å². The molecule has 11 nitrogen and oxygen atoms in total. The van der Waals surface area contributed by atoms with Gasteiger partial charge in [0.15, 0.2) is 11.7 Å². The number of aromatic nitrogens is 2. The maximum Gasteiger partial charge on any atom is 0.254 e. The van der Waals surface area contributed by atoms with Crippen molar-refractivity contribution in [2.75, 3.05) is 20.1 Å². The number of thiazole rings is 1. The topological polar surface area (TPSA) is 183 Å². The van der Waals surface area contributed by atoms with E-state index in [1.807, 2.05) is 6.07 Å². The number of Topliss-reactive ketones (excluding diaryl/α,β-unsaturated/α-hetero) is 1. The van der Waals surface area contributed by atoms with Crippen molar-refractivity contribution in [1.82, 2.24) is 20.2 Å². The molecule has 1 aromatic carbocycles. The highest BCUT2D eigenvalue weighted by atomic mass is 35.5. The van der Waals surface area contributed by atoms with Crippen molar-refractivity contribution in [3.05, 3.63) is 57.1 Å². The lowest BCUT2D eigenvalue weighted by Crippen LogP contribution is -2.33. The maximum atomic E-state index is 13.5. The van der Waals surface area contributed by atoms with Gasteiger partial charge in [-0.25, -0.2) is 9.97 Å². The quantitative estimate of drug-likeness (QED) is 0.0871. The second kappa shape index (κ2) is 13.2. The van der Waals surface area contributed by atoms with Crippen LogP contribution >= 0.6 is 22.9 Å². The standard InChI is InChI=1S/C27H33ClN8O3S/c1-32-24(38)16(4-2-3-9-33-27(30)31)11-22(37)20-14-40-25(35-20)21-12-18(29)13-36(21)26(39)17-5-7-19-15(10-17)6-8-23(28)34-19/h5-8,10,14,16,18,21H,2-4,9,11-13,29H2,1H3,(H,32,38)(H4,30,31,33)/t16-,18-,21+/m1/s1. The summed E-state index contributed by atoms with van der Waals surface area (Å²) >= 11 is 7.31. The van der Waals surface area contributed by atoms with E-state index in [9.17, 15) is 14.4 Å². The number of rotatable bonds is 11. The van der Waals surface area contributed by atoms with Gasteiger partial charge in [-0.15, -0.1) is 11.3 Å². The number of nitrogens with zero attached hydrogens (tertiary/aromatic N) is 4. The predicted molar refractivity (Wildman–Crippen MR) is 156 cm³/mol. The first-order valence-electron chi connectivity index (χ1n) is 13.0. The van der Waals surface area contributed by atoms with Gasteiger partial charge in [-0.1, -0.05) is 18.0 Å². The van der Waals surface area contributed by atoms with Crippen molar-refractivity contribution in [3.8, 4) is 0 Å². The van der Waals surface area contributed by atoms with Crippen LogP contribution in [0.25, 0.3) is 10.9 Å². The van der Waals surface area contributed by atoms with Gasteiger partial charge in [-0.05, 0) is 49.6 Å². The zero-order chi connectivity index (χ0) is 28.8. The zero-order valence-electron chi connectivity index (χ0n) is 22.2. The number of nitrogens with one attached hydrogen (secondary N) is 1. The van der Waals surface area contributed by atoms with Crippen molar-refractivity contribution in [1.29, 1.82) is 0 Å². The number of ketones is 1. The average molecular weight is 585 g/mol. The Kier molecular flexibility index (Phi) is 9.67. The van der Waals surface area contributed by atoms with Gasteiger partial charge >= 0.3 is 0 Å². The van der Waals surface area contributed by atoms with Crippen LogP contribution in [-0.2, 0) is 4.79 Å². The largest absolute Gasteiger partial charge is 0.370 e. The highest BCUT2D eigenvalue weighted by Crippen LogP contribution is 2.35.